The molecule has 1 atom stereocenters. The first-order valence-electron chi connectivity index (χ1n) is 9.40. The van der Waals surface area contributed by atoms with Crippen LogP contribution in [-0.4, -0.2) is 48.1 Å². The summed E-state index contributed by atoms with van der Waals surface area (Å²) in [7, 11) is 1.75. The molecule has 2 aliphatic rings. The molecule has 1 saturated carbocycles. The van der Waals surface area contributed by atoms with E-state index in [4.69, 9.17) is 4.52 Å². The topological polar surface area (TPSA) is 82.8 Å². The van der Waals surface area contributed by atoms with Gasteiger partial charge in [-0.15, -0.1) is 0 Å². The van der Waals surface area contributed by atoms with E-state index in [1.54, 1.807) is 7.05 Å². The van der Waals surface area contributed by atoms with Crippen molar-refractivity contribution < 1.29 is 9.32 Å². The van der Waals surface area contributed by atoms with Gasteiger partial charge in [-0.3, -0.25) is 9.79 Å². The van der Waals surface area contributed by atoms with Crippen molar-refractivity contribution in [1.82, 2.24) is 20.7 Å². The van der Waals surface area contributed by atoms with Crippen LogP contribution in [0.2, 0.25) is 0 Å². The summed E-state index contributed by atoms with van der Waals surface area (Å²) < 4.78 is 5.28. The number of carbonyl (C=O) groups is 1. The molecule has 138 valence electrons. The average molecular weight is 347 g/mol. The molecular weight excluding hydrogens is 318 g/mol. The molecule has 1 aliphatic carbocycles. The molecule has 0 spiro atoms. The van der Waals surface area contributed by atoms with Crippen LogP contribution in [0.3, 0.4) is 0 Å². The summed E-state index contributed by atoms with van der Waals surface area (Å²) in [5.74, 6) is 2.13. The normalized spacial score (nSPS) is 21.8. The summed E-state index contributed by atoms with van der Waals surface area (Å²) in [5.41, 5.74) is 0.955. The first-order chi connectivity index (χ1) is 12.2. The van der Waals surface area contributed by atoms with Gasteiger partial charge in [0.15, 0.2) is 11.7 Å². The van der Waals surface area contributed by atoms with Gasteiger partial charge in [-0.2, -0.15) is 0 Å². The van der Waals surface area contributed by atoms with Crippen LogP contribution in [0.1, 0.15) is 50.5 Å². The number of nitrogens with zero attached hydrogens (tertiary/aromatic N) is 3. The van der Waals surface area contributed by atoms with Gasteiger partial charge in [0.05, 0.1) is 12.2 Å². The third-order valence-corrected chi connectivity index (χ3v) is 5.17. The van der Waals surface area contributed by atoms with Crippen LogP contribution in [0.15, 0.2) is 15.6 Å². The summed E-state index contributed by atoms with van der Waals surface area (Å²) in [6, 6.07) is 2.20. The van der Waals surface area contributed by atoms with Gasteiger partial charge in [-0.1, -0.05) is 24.9 Å². The maximum absolute atomic E-state index is 12.5. The second kappa shape index (κ2) is 8.36. The van der Waals surface area contributed by atoms with Gasteiger partial charge in [0.2, 0.25) is 5.91 Å². The molecule has 2 N–H and O–H groups in total. The van der Waals surface area contributed by atoms with E-state index < -0.39 is 0 Å². The van der Waals surface area contributed by atoms with Gasteiger partial charge in [-0.25, -0.2) is 0 Å². The smallest absolute Gasteiger partial charge is 0.225 e. The number of aromatic nitrogens is 1. The Morgan fingerprint density at radius 3 is 2.88 bits per heavy atom. The fourth-order valence-electron chi connectivity index (χ4n) is 3.67. The summed E-state index contributed by atoms with van der Waals surface area (Å²) in [5, 5.41) is 10.7. The molecule has 1 unspecified atom stereocenters. The summed E-state index contributed by atoms with van der Waals surface area (Å²) in [6.45, 7) is 4.20. The van der Waals surface area contributed by atoms with Crippen molar-refractivity contribution in [2.24, 2.45) is 10.9 Å². The molecule has 25 heavy (non-hydrogen) atoms. The summed E-state index contributed by atoms with van der Waals surface area (Å²) in [4.78, 5) is 18.8. The van der Waals surface area contributed by atoms with Crippen molar-refractivity contribution in [3.63, 3.8) is 0 Å². The van der Waals surface area contributed by atoms with Crippen LogP contribution < -0.4 is 10.6 Å². The Hall–Kier alpha value is -2.05. The maximum Gasteiger partial charge on any atom is 0.225 e. The standard InChI is InChI=1S/C18H29N5O2/c1-3-14-10-16(25-22-14)11-20-18(19-2)21-15-8-9-23(12-15)17(24)13-6-4-5-7-13/h10,13,15H,3-9,11-12H2,1-2H3,(H2,19,20,21). The molecule has 0 radical (unpaired) electrons. The van der Waals surface area contributed by atoms with E-state index in [1.807, 2.05) is 17.9 Å². The highest BCUT2D eigenvalue weighted by molar-refractivity contribution is 5.81. The largest absolute Gasteiger partial charge is 0.359 e. The van der Waals surface area contributed by atoms with Crippen molar-refractivity contribution in [3.8, 4) is 0 Å². The van der Waals surface area contributed by atoms with E-state index in [0.29, 0.717) is 12.5 Å². The molecular formula is C18H29N5O2. The molecule has 2 heterocycles. The lowest BCUT2D eigenvalue weighted by atomic mass is 10.1. The van der Waals surface area contributed by atoms with Crippen molar-refractivity contribution in [2.45, 2.75) is 58.0 Å². The average Bonchev–Trinajstić information content (AvgIpc) is 3.39. The molecule has 1 saturated heterocycles. The second-order valence-corrected chi connectivity index (χ2v) is 6.96. The Balaban J connectivity index is 1.45. The summed E-state index contributed by atoms with van der Waals surface area (Å²) >= 11 is 0. The van der Waals surface area contributed by atoms with Crippen molar-refractivity contribution in [2.75, 3.05) is 20.1 Å². The van der Waals surface area contributed by atoms with E-state index in [2.05, 4.69) is 20.8 Å². The second-order valence-electron chi connectivity index (χ2n) is 6.96. The summed E-state index contributed by atoms with van der Waals surface area (Å²) in [6.07, 6.45) is 6.35. The molecule has 1 aliphatic heterocycles. The highest BCUT2D eigenvalue weighted by atomic mass is 16.5. The molecule has 1 aromatic heterocycles. The Labute approximate surface area is 149 Å². The number of aryl methyl sites for hydroxylation is 1. The fourth-order valence-corrected chi connectivity index (χ4v) is 3.67. The molecule has 7 heteroatoms. The molecule has 0 bridgehead atoms. The minimum Gasteiger partial charge on any atom is -0.359 e. The third kappa shape index (κ3) is 4.52. The van der Waals surface area contributed by atoms with Crippen LogP contribution in [0, 0.1) is 5.92 Å². The highest BCUT2D eigenvalue weighted by Crippen LogP contribution is 2.27. The zero-order valence-electron chi connectivity index (χ0n) is 15.3. The van der Waals surface area contributed by atoms with Gasteiger partial charge >= 0.3 is 0 Å². The number of carbonyl (C=O) groups excluding carboxylic acids is 1. The highest BCUT2D eigenvalue weighted by Gasteiger charge is 2.32. The molecule has 3 rings (SSSR count). The number of guanidine groups is 1. The van der Waals surface area contributed by atoms with E-state index >= 15 is 0 Å². The van der Waals surface area contributed by atoms with Crippen LogP contribution >= 0.6 is 0 Å². The van der Waals surface area contributed by atoms with Crippen LogP contribution in [0.5, 0.6) is 0 Å². The van der Waals surface area contributed by atoms with Crippen molar-refractivity contribution >= 4 is 11.9 Å². The zero-order chi connectivity index (χ0) is 17.6. The van der Waals surface area contributed by atoms with Crippen LogP contribution in [-0.2, 0) is 17.8 Å². The monoisotopic (exact) mass is 347 g/mol. The van der Waals surface area contributed by atoms with Crippen molar-refractivity contribution in [1.29, 1.82) is 0 Å². The quantitative estimate of drug-likeness (QED) is 0.626. The number of likely N-dealkylation sites (tertiary alicyclic amines) is 1. The SMILES string of the molecule is CCc1cc(CNC(=NC)NC2CCN(C(=O)C3CCCC3)C2)on1. The minimum absolute atomic E-state index is 0.248. The first kappa shape index (κ1) is 17.8. The predicted octanol–water partition coefficient (Wildman–Crippen LogP) is 1.69. The number of hydrogen-bond donors (Lipinski definition) is 2. The predicted molar refractivity (Wildman–Crippen MR) is 96.2 cm³/mol. The number of hydrogen-bond acceptors (Lipinski definition) is 4. The number of rotatable bonds is 5. The lowest BCUT2D eigenvalue weighted by Crippen LogP contribution is -2.45. The van der Waals surface area contributed by atoms with E-state index in [1.165, 1.54) is 12.8 Å². The molecule has 1 amide bonds. The number of nitrogens with one attached hydrogen (secondary N) is 2. The lowest BCUT2D eigenvalue weighted by Gasteiger charge is -2.21. The Morgan fingerprint density at radius 1 is 1.40 bits per heavy atom. The number of amides is 1. The Bertz CT molecular complexity index is 606. The van der Waals surface area contributed by atoms with E-state index in [-0.39, 0.29) is 12.0 Å². The molecule has 0 aromatic carbocycles. The van der Waals surface area contributed by atoms with Crippen LogP contribution in [0.4, 0.5) is 0 Å². The van der Waals surface area contributed by atoms with Gasteiger partial charge in [0, 0.05) is 38.2 Å². The molecule has 2 fully saturated rings. The molecule has 7 nitrogen and oxygen atoms in total. The van der Waals surface area contributed by atoms with Gasteiger partial charge in [0.25, 0.3) is 0 Å². The van der Waals surface area contributed by atoms with E-state index in [9.17, 15) is 4.79 Å². The van der Waals surface area contributed by atoms with Crippen LogP contribution in [0.25, 0.3) is 0 Å². The van der Waals surface area contributed by atoms with Crippen molar-refractivity contribution in [3.05, 3.63) is 17.5 Å². The van der Waals surface area contributed by atoms with Gasteiger partial charge in [0.1, 0.15) is 0 Å². The third-order valence-electron chi connectivity index (χ3n) is 5.17. The van der Waals surface area contributed by atoms with Gasteiger partial charge in [-0.05, 0) is 25.7 Å². The Kier molecular flexibility index (Phi) is 5.94. The molecule has 1 aromatic rings. The number of aliphatic imine (C=N–C) groups is 1. The van der Waals surface area contributed by atoms with Gasteiger partial charge < -0.3 is 20.1 Å². The maximum atomic E-state index is 12.5. The fraction of sp³-hybridized carbons (Fsp3) is 0.722. The lowest BCUT2D eigenvalue weighted by molar-refractivity contribution is -0.134. The Morgan fingerprint density at radius 2 is 2.20 bits per heavy atom. The van der Waals surface area contributed by atoms with E-state index in [0.717, 1.165) is 56.2 Å². The zero-order valence-corrected chi connectivity index (χ0v) is 15.3. The first-order valence-corrected chi connectivity index (χ1v) is 9.40. The minimum atomic E-state index is 0.248.